The predicted molar refractivity (Wildman–Crippen MR) is 103 cm³/mol. The highest BCUT2D eigenvalue weighted by atomic mass is 16.3. The zero-order valence-electron chi connectivity index (χ0n) is 16.1. The number of hydrogen-bond donors (Lipinski definition) is 0. The Bertz CT molecular complexity index is 830. The molecule has 2 fully saturated rings. The van der Waals surface area contributed by atoms with E-state index in [1.54, 1.807) is 28.0 Å². The Kier molecular flexibility index (Phi) is 5.27. The van der Waals surface area contributed by atoms with Crippen molar-refractivity contribution in [3.05, 3.63) is 42.2 Å². The first kappa shape index (κ1) is 18.5. The third-order valence-electron chi connectivity index (χ3n) is 5.44. The maximum absolute atomic E-state index is 12.9. The molecule has 0 radical (unpaired) electrons. The fraction of sp³-hybridized carbons (Fsp3) is 0.500. The minimum Gasteiger partial charge on any atom is -0.459 e. The van der Waals surface area contributed by atoms with Crippen molar-refractivity contribution in [2.24, 2.45) is 5.92 Å². The second-order valence-electron chi connectivity index (χ2n) is 7.52. The van der Waals surface area contributed by atoms with Crippen molar-refractivity contribution in [2.75, 3.05) is 44.2 Å². The smallest absolute Gasteiger partial charge is 0.289 e. The first-order valence-electron chi connectivity index (χ1n) is 9.81. The Labute approximate surface area is 164 Å². The summed E-state index contributed by atoms with van der Waals surface area (Å²) in [6.07, 6.45) is 5.33. The Morgan fingerprint density at radius 3 is 2.50 bits per heavy atom. The molecule has 0 bridgehead atoms. The summed E-state index contributed by atoms with van der Waals surface area (Å²) in [5, 5.41) is 0. The lowest BCUT2D eigenvalue weighted by molar-refractivity contribution is 0.0515. The van der Waals surface area contributed by atoms with Gasteiger partial charge in [-0.2, -0.15) is 0 Å². The van der Waals surface area contributed by atoms with E-state index in [1.165, 1.54) is 19.0 Å². The summed E-state index contributed by atoms with van der Waals surface area (Å²) in [5.41, 5.74) is 0.411. The van der Waals surface area contributed by atoms with E-state index in [9.17, 15) is 9.59 Å². The van der Waals surface area contributed by atoms with Crippen LogP contribution >= 0.6 is 0 Å². The quantitative estimate of drug-likeness (QED) is 0.805. The van der Waals surface area contributed by atoms with Gasteiger partial charge >= 0.3 is 0 Å². The lowest BCUT2D eigenvalue weighted by atomic mass is 10.0. The Morgan fingerprint density at radius 1 is 1.07 bits per heavy atom. The van der Waals surface area contributed by atoms with Gasteiger partial charge in [-0.1, -0.05) is 6.92 Å². The van der Waals surface area contributed by atoms with E-state index < -0.39 is 0 Å². The number of carbonyl (C=O) groups excluding carboxylic acids is 2. The van der Waals surface area contributed by atoms with Gasteiger partial charge in [0.1, 0.15) is 17.8 Å². The van der Waals surface area contributed by atoms with Gasteiger partial charge in [-0.25, -0.2) is 9.97 Å². The van der Waals surface area contributed by atoms with Gasteiger partial charge in [-0.3, -0.25) is 9.59 Å². The van der Waals surface area contributed by atoms with Gasteiger partial charge in [0.15, 0.2) is 5.76 Å². The zero-order chi connectivity index (χ0) is 19.5. The second-order valence-corrected chi connectivity index (χ2v) is 7.52. The van der Waals surface area contributed by atoms with Gasteiger partial charge < -0.3 is 19.1 Å². The van der Waals surface area contributed by atoms with Crippen LogP contribution < -0.4 is 4.90 Å². The van der Waals surface area contributed by atoms with Crippen molar-refractivity contribution in [1.29, 1.82) is 0 Å². The van der Waals surface area contributed by atoms with Crippen LogP contribution in [0.3, 0.4) is 0 Å². The third kappa shape index (κ3) is 3.85. The number of rotatable bonds is 3. The minimum absolute atomic E-state index is 0.112. The van der Waals surface area contributed by atoms with E-state index in [1.807, 2.05) is 0 Å². The van der Waals surface area contributed by atoms with Crippen LogP contribution in [0.5, 0.6) is 0 Å². The van der Waals surface area contributed by atoms with Gasteiger partial charge in [0.05, 0.1) is 6.26 Å². The molecule has 0 aliphatic carbocycles. The van der Waals surface area contributed by atoms with E-state index in [-0.39, 0.29) is 11.8 Å². The fourth-order valence-corrected chi connectivity index (χ4v) is 3.87. The minimum atomic E-state index is -0.138. The summed E-state index contributed by atoms with van der Waals surface area (Å²) in [5.74, 6) is 1.52. The zero-order valence-corrected chi connectivity index (χ0v) is 16.1. The highest BCUT2D eigenvalue weighted by Gasteiger charge is 2.28. The standard InChI is InChI=1S/C20H25N5O3/c1-15-4-2-6-25(13-15)18-12-16(21-14-22-18)19(26)23-7-9-24(10-8-23)20(27)17-5-3-11-28-17/h3,5,11-12,14-15H,2,4,6-10,13H2,1H3. The maximum atomic E-state index is 12.9. The number of furan rings is 1. The summed E-state index contributed by atoms with van der Waals surface area (Å²) in [6.45, 7) is 6.07. The van der Waals surface area contributed by atoms with Gasteiger partial charge in [-0.05, 0) is 30.9 Å². The van der Waals surface area contributed by atoms with Gasteiger partial charge in [-0.15, -0.1) is 0 Å². The Balaban J connectivity index is 1.39. The van der Waals surface area contributed by atoms with Gasteiger partial charge in [0.25, 0.3) is 11.8 Å². The lowest BCUT2D eigenvalue weighted by Crippen LogP contribution is -2.50. The molecule has 0 aromatic carbocycles. The Morgan fingerprint density at radius 2 is 1.82 bits per heavy atom. The second kappa shape index (κ2) is 8.00. The van der Waals surface area contributed by atoms with E-state index >= 15 is 0 Å². The number of anilines is 1. The average molecular weight is 383 g/mol. The molecular weight excluding hydrogens is 358 g/mol. The van der Waals surface area contributed by atoms with Crippen LogP contribution in [0.25, 0.3) is 0 Å². The molecule has 2 saturated heterocycles. The van der Waals surface area contributed by atoms with E-state index in [0.29, 0.717) is 43.6 Å². The van der Waals surface area contributed by atoms with Crippen LogP contribution in [0.15, 0.2) is 35.2 Å². The molecule has 148 valence electrons. The molecule has 28 heavy (non-hydrogen) atoms. The lowest BCUT2D eigenvalue weighted by Gasteiger charge is -2.34. The molecule has 4 rings (SSSR count). The van der Waals surface area contributed by atoms with E-state index in [4.69, 9.17) is 4.42 Å². The van der Waals surface area contributed by atoms with E-state index in [0.717, 1.165) is 25.3 Å². The number of carbonyl (C=O) groups is 2. The molecule has 1 unspecified atom stereocenters. The van der Waals surface area contributed by atoms with Gasteiger partial charge in [0.2, 0.25) is 0 Å². The van der Waals surface area contributed by atoms with Crippen LogP contribution in [-0.4, -0.2) is 70.9 Å². The molecule has 2 aromatic rings. The van der Waals surface area contributed by atoms with Crippen LogP contribution in [0.4, 0.5) is 5.82 Å². The number of nitrogens with zero attached hydrogens (tertiary/aromatic N) is 5. The molecule has 0 saturated carbocycles. The molecule has 8 heteroatoms. The summed E-state index contributed by atoms with van der Waals surface area (Å²) in [7, 11) is 0. The summed E-state index contributed by atoms with van der Waals surface area (Å²) >= 11 is 0. The maximum Gasteiger partial charge on any atom is 0.289 e. The molecule has 2 amide bonds. The van der Waals surface area contributed by atoms with Crippen LogP contribution in [0.1, 0.15) is 40.8 Å². The number of piperidine rings is 1. The predicted octanol–water partition coefficient (Wildman–Crippen LogP) is 1.90. The molecule has 0 spiro atoms. The van der Waals surface area contributed by atoms with Crippen molar-refractivity contribution >= 4 is 17.6 Å². The topological polar surface area (TPSA) is 82.8 Å². The van der Waals surface area contributed by atoms with Crippen LogP contribution in [0.2, 0.25) is 0 Å². The molecule has 2 aliphatic rings. The molecular formula is C20H25N5O3. The average Bonchev–Trinajstić information content (AvgIpc) is 3.28. The highest BCUT2D eigenvalue weighted by molar-refractivity contribution is 5.94. The number of piperazine rings is 1. The molecule has 0 N–H and O–H groups in total. The third-order valence-corrected chi connectivity index (χ3v) is 5.44. The highest BCUT2D eigenvalue weighted by Crippen LogP contribution is 2.21. The molecule has 2 aliphatic heterocycles. The number of amides is 2. The van der Waals surface area contributed by atoms with Crippen LogP contribution in [-0.2, 0) is 0 Å². The van der Waals surface area contributed by atoms with Crippen molar-refractivity contribution < 1.29 is 14.0 Å². The van der Waals surface area contributed by atoms with Gasteiger partial charge in [0, 0.05) is 45.3 Å². The molecule has 8 nitrogen and oxygen atoms in total. The molecule has 4 heterocycles. The van der Waals surface area contributed by atoms with Crippen molar-refractivity contribution in [3.8, 4) is 0 Å². The van der Waals surface area contributed by atoms with Crippen LogP contribution in [0, 0.1) is 5.92 Å². The van der Waals surface area contributed by atoms with E-state index in [2.05, 4.69) is 21.8 Å². The Hall–Kier alpha value is -2.90. The summed E-state index contributed by atoms with van der Waals surface area (Å²) in [4.78, 5) is 39.5. The first-order valence-corrected chi connectivity index (χ1v) is 9.81. The summed E-state index contributed by atoms with van der Waals surface area (Å²) < 4.78 is 5.18. The van der Waals surface area contributed by atoms with Crippen molar-refractivity contribution in [2.45, 2.75) is 19.8 Å². The molecule has 1 atom stereocenters. The summed E-state index contributed by atoms with van der Waals surface area (Å²) in [6, 6.07) is 5.15. The first-order chi connectivity index (χ1) is 13.6. The number of aromatic nitrogens is 2. The normalized spacial score (nSPS) is 20.3. The number of hydrogen-bond acceptors (Lipinski definition) is 6. The largest absolute Gasteiger partial charge is 0.459 e. The molecule has 2 aromatic heterocycles. The SMILES string of the molecule is CC1CCCN(c2cc(C(=O)N3CCN(C(=O)c4ccco4)CC3)ncn2)C1. The van der Waals surface area contributed by atoms with Crippen molar-refractivity contribution in [3.63, 3.8) is 0 Å². The van der Waals surface area contributed by atoms with Crippen molar-refractivity contribution in [1.82, 2.24) is 19.8 Å². The fourth-order valence-electron chi connectivity index (χ4n) is 3.87. The monoisotopic (exact) mass is 383 g/mol.